The first-order valence-corrected chi connectivity index (χ1v) is 10.1. The maximum atomic E-state index is 12.4. The Morgan fingerprint density at radius 2 is 1.21 bits per heavy atom. The van der Waals surface area contributed by atoms with E-state index in [9.17, 15) is 13.2 Å². The predicted molar refractivity (Wildman–Crippen MR) is 116 cm³/mol. The summed E-state index contributed by atoms with van der Waals surface area (Å²) in [4.78, 5) is 0. The summed E-state index contributed by atoms with van der Waals surface area (Å²) in [5.74, 6) is 0.558. The summed E-state index contributed by atoms with van der Waals surface area (Å²) < 4.78 is 37.2. The third-order valence-corrected chi connectivity index (χ3v) is 5.09. The van der Waals surface area contributed by atoms with E-state index in [1.807, 2.05) is 0 Å². The first-order valence-electron chi connectivity index (χ1n) is 10.1. The fourth-order valence-electron chi connectivity index (χ4n) is 3.13. The SMILES string of the molecule is CC(C)c1ccccc1C(F)(F)F.CCC(C)c1ccc(-c2ccccc2)cc1. The van der Waals surface area contributed by atoms with Gasteiger partial charge < -0.3 is 0 Å². The molecule has 0 bridgehead atoms. The van der Waals surface area contributed by atoms with Crippen molar-refractivity contribution in [1.29, 1.82) is 0 Å². The van der Waals surface area contributed by atoms with Crippen LogP contribution in [0.25, 0.3) is 11.1 Å². The molecule has 3 rings (SSSR count). The van der Waals surface area contributed by atoms with Crippen molar-refractivity contribution in [2.45, 2.75) is 52.1 Å². The molecular weight excluding hydrogens is 369 g/mol. The Bertz CT molecular complexity index is 862. The Morgan fingerprint density at radius 3 is 1.69 bits per heavy atom. The molecule has 0 spiro atoms. The van der Waals surface area contributed by atoms with Crippen LogP contribution in [-0.2, 0) is 6.18 Å². The Kier molecular flexibility index (Phi) is 8.07. The molecule has 0 aromatic heterocycles. The molecule has 29 heavy (non-hydrogen) atoms. The highest BCUT2D eigenvalue weighted by Crippen LogP contribution is 2.34. The van der Waals surface area contributed by atoms with Gasteiger partial charge in [0.2, 0.25) is 0 Å². The normalized spacial score (nSPS) is 12.3. The topological polar surface area (TPSA) is 0 Å². The van der Waals surface area contributed by atoms with Crippen LogP contribution in [0, 0.1) is 0 Å². The first kappa shape index (κ1) is 22.7. The van der Waals surface area contributed by atoms with Crippen LogP contribution in [0.15, 0.2) is 78.9 Å². The molecule has 0 aliphatic heterocycles. The van der Waals surface area contributed by atoms with Gasteiger partial charge in [-0.2, -0.15) is 13.2 Å². The van der Waals surface area contributed by atoms with Crippen molar-refractivity contribution in [2.24, 2.45) is 0 Å². The first-order chi connectivity index (χ1) is 13.7. The van der Waals surface area contributed by atoms with Crippen LogP contribution in [0.1, 0.15) is 62.6 Å². The number of halogens is 3. The molecule has 3 aromatic carbocycles. The number of benzene rings is 3. The molecule has 0 N–H and O–H groups in total. The van der Waals surface area contributed by atoms with E-state index < -0.39 is 11.7 Å². The van der Waals surface area contributed by atoms with Gasteiger partial charge in [-0.25, -0.2) is 0 Å². The van der Waals surface area contributed by atoms with Crippen LogP contribution in [0.2, 0.25) is 0 Å². The van der Waals surface area contributed by atoms with Crippen LogP contribution in [0.3, 0.4) is 0 Å². The highest BCUT2D eigenvalue weighted by atomic mass is 19.4. The van der Waals surface area contributed by atoms with E-state index in [2.05, 4.69) is 68.4 Å². The fraction of sp³-hybridized carbons (Fsp3) is 0.308. The monoisotopic (exact) mass is 398 g/mol. The van der Waals surface area contributed by atoms with Crippen LogP contribution in [0.5, 0.6) is 0 Å². The van der Waals surface area contributed by atoms with Gasteiger partial charge in [0, 0.05) is 0 Å². The smallest absolute Gasteiger partial charge is 0.166 e. The molecule has 3 heteroatoms. The lowest BCUT2D eigenvalue weighted by Crippen LogP contribution is -2.09. The Balaban J connectivity index is 0.000000212. The molecule has 0 heterocycles. The van der Waals surface area contributed by atoms with E-state index in [1.165, 1.54) is 35.2 Å². The van der Waals surface area contributed by atoms with Crippen molar-refractivity contribution in [3.8, 4) is 11.1 Å². The van der Waals surface area contributed by atoms with E-state index in [4.69, 9.17) is 0 Å². The van der Waals surface area contributed by atoms with Gasteiger partial charge in [0.05, 0.1) is 5.56 Å². The summed E-state index contributed by atoms with van der Waals surface area (Å²) in [5.41, 5.74) is 3.85. The van der Waals surface area contributed by atoms with Crippen molar-refractivity contribution in [3.63, 3.8) is 0 Å². The van der Waals surface area contributed by atoms with Gasteiger partial charge in [0.1, 0.15) is 0 Å². The minimum atomic E-state index is -4.24. The van der Waals surface area contributed by atoms with Crippen molar-refractivity contribution < 1.29 is 13.2 Å². The fourth-order valence-corrected chi connectivity index (χ4v) is 3.13. The van der Waals surface area contributed by atoms with Gasteiger partial charge in [0.15, 0.2) is 0 Å². The average Bonchev–Trinajstić information content (AvgIpc) is 2.74. The summed E-state index contributed by atoms with van der Waals surface area (Å²) in [6.45, 7) is 8.02. The summed E-state index contributed by atoms with van der Waals surface area (Å²) >= 11 is 0. The summed E-state index contributed by atoms with van der Waals surface area (Å²) in [7, 11) is 0. The lowest BCUT2D eigenvalue weighted by atomic mass is 9.96. The zero-order valence-electron chi connectivity index (χ0n) is 17.5. The second-order valence-corrected chi connectivity index (χ2v) is 7.54. The van der Waals surface area contributed by atoms with Gasteiger partial charge in [-0.1, -0.05) is 100 Å². The highest BCUT2D eigenvalue weighted by Gasteiger charge is 2.33. The maximum absolute atomic E-state index is 12.4. The minimum absolute atomic E-state index is 0.0992. The van der Waals surface area contributed by atoms with Gasteiger partial charge in [-0.05, 0) is 46.6 Å². The van der Waals surface area contributed by atoms with Gasteiger partial charge in [-0.15, -0.1) is 0 Å². The Labute approximate surface area is 172 Å². The molecule has 0 fully saturated rings. The number of alkyl halides is 3. The third kappa shape index (κ3) is 6.49. The molecule has 0 nitrogen and oxygen atoms in total. The lowest BCUT2D eigenvalue weighted by molar-refractivity contribution is -0.138. The molecule has 0 aliphatic carbocycles. The van der Waals surface area contributed by atoms with Gasteiger partial charge >= 0.3 is 6.18 Å². The van der Waals surface area contributed by atoms with E-state index in [1.54, 1.807) is 19.9 Å². The zero-order chi connectivity index (χ0) is 21.4. The standard InChI is InChI=1S/C16H18.C10H11F3/c1-3-13(2)14-9-11-16(12-10-14)15-7-5-4-6-8-15;1-7(2)8-5-3-4-6-9(8)10(11,12)13/h4-13H,3H2,1-2H3;3-7H,1-2H3. The summed E-state index contributed by atoms with van der Waals surface area (Å²) in [6.07, 6.45) is -3.04. The molecule has 154 valence electrons. The van der Waals surface area contributed by atoms with Crippen molar-refractivity contribution in [3.05, 3.63) is 95.6 Å². The molecular formula is C26H29F3. The van der Waals surface area contributed by atoms with Crippen molar-refractivity contribution >= 4 is 0 Å². The number of hydrogen-bond acceptors (Lipinski definition) is 0. The van der Waals surface area contributed by atoms with E-state index in [0.29, 0.717) is 11.5 Å². The predicted octanol–water partition coefficient (Wildman–Crippen LogP) is 8.70. The quantitative estimate of drug-likeness (QED) is 0.412. The second-order valence-electron chi connectivity index (χ2n) is 7.54. The van der Waals surface area contributed by atoms with Crippen molar-refractivity contribution in [2.75, 3.05) is 0 Å². The minimum Gasteiger partial charge on any atom is -0.166 e. The number of hydrogen-bond donors (Lipinski definition) is 0. The van der Waals surface area contributed by atoms with Gasteiger partial charge in [-0.3, -0.25) is 0 Å². The lowest BCUT2D eigenvalue weighted by Gasteiger charge is -2.14. The molecule has 1 unspecified atom stereocenters. The molecule has 0 radical (unpaired) electrons. The zero-order valence-corrected chi connectivity index (χ0v) is 17.5. The molecule has 0 saturated heterocycles. The van der Waals surface area contributed by atoms with Crippen LogP contribution < -0.4 is 0 Å². The Hall–Kier alpha value is -2.55. The van der Waals surface area contributed by atoms with Crippen molar-refractivity contribution in [1.82, 2.24) is 0 Å². The summed E-state index contributed by atoms with van der Waals surface area (Å²) in [5, 5.41) is 0. The molecule has 3 aromatic rings. The molecule has 1 atom stereocenters. The van der Waals surface area contributed by atoms with Gasteiger partial charge in [0.25, 0.3) is 0 Å². The molecule has 0 saturated carbocycles. The number of rotatable bonds is 4. The maximum Gasteiger partial charge on any atom is 0.416 e. The van der Waals surface area contributed by atoms with Crippen LogP contribution in [-0.4, -0.2) is 0 Å². The summed E-state index contributed by atoms with van der Waals surface area (Å²) in [6, 6.07) is 25.1. The van der Waals surface area contributed by atoms with E-state index in [0.717, 1.165) is 6.07 Å². The largest absolute Gasteiger partial charge is 0.416 e. The third-order valence-electron chi connectivity index (χ3n) is 5.09. The highest BCUT2D eigenvalue weighted by molar-refractivity contribution is 5.63. The molecule has 0 aliphatic rings. The second kappa shape index (κ2) is 10.3. The van der Waals surface area contributed by atoms with Crippen LogP contribution >= 0.6 is 0 Å². The van der Waals surface area contributed by atoms with E-state index in [-0.39, 0.29) is 5.92 Å². The van der Waals surface area contributed by atoms with E-state index >= 15 is 0 Å². The Morgan fingerprint density at radius 1 is 0.690 bits per heavy atom. The molecule has 0 amide bonds. The average molecular weight is 399 g/mol. The van der Waals surface area contributed by atoms with Crippen LogP contribution in [0.4, 0.5) is 13.2 Å².